The van der Waals surface area contributed by atoms with E-state index < -0.39 is 17.3 Å². The number of esters is 1. The number of carboxylic acid groups (broad SMARTS) is 1. The zero-order chi connectivity index (χ0) is 20.2. The van der Waals surface area contributed by atoms with Crippen molar-refractivity contribution in [2.24, 2.45) is 28.1 Å². The second kappa shape index (κ2) is 8.75. The predicted molar refractivity (Wildman–Crippen MR) is 105 cm³/mol. The molecule has 1 N–H and O–H groups in total. The summed E-state index contributed by atoms with van der Waals surface area (Å²) in [5.41, 5.74) is -1.22. The molecule has 1 rings (SSSR count). The fourth-order valence-corrected chi connectivity index (χ4v) is 4.41. The largest absolute Gasteiger partial charge is 0.481 e. The summed E-state index contributed by atoms with van der Waals surface area (Å²) in [6.45, 7) is 14.5. The van der Waals surface area contributed by atoms with Crippen LogP contribution in [0.15, 0.2) is 0 Å². The molecule has 2 atom stereocenters. The lowest BCUT2D eigenvalue weighted by atomic mass is 9.58. The van der Waals surface area contributed by atoms with Crippen molar-refractivity contribution < 1.29 is 19.4 Å². The maximum absolute atomic E-state index is 13.4. The van der Waals surface area contributed by atoms with E-state index in [9.17, 15) is 14.7 Å². The quantitative estimate of drug-likeness (QED) is 0.586. The van der Waals surface area contributed by atoms with E-state index in [1.165, 1.54) is 6.42 Å². The zero-order valence-electron chi connectivity index (χ0n) is 18.0. The number of aliphatic carboxylic acids is 1. The van der Waals surface area contributed by atoms with Crippen molar-refractivity contribution in [1.29, 1.82) is 0 Å². The van der Waals surface area contributed by atoms with E-state index in [4.69, 9.17) is 4.74 Å². The summed E-state index contributed by atoms with van der Waals surface area (Å²) in [5, 5.41) is 10.1. The summed E-state index contributed by atoms with van der Waals surface area (Å²) in [4.78, 5) is 25.7. The van der Waals surface area contributed by atoms with Gasteiger partial charge in [-0.2, -0.15) is 0 Å². The molecule has 1 fully saturated rings. The summed E-state index contributed by atoms with van der Waals surface area (Å²) < 4.78 is 5.76. The Morgan fingerprint density at radius 2 is 1.54 bits per heavy atom. The lowest BCUT2D eigenvalue weighted by Gasteiger charge is -2.45. The number of carbonyl (C=O) groups excluding carboxylic acids is 1. The maximum atomic E-state index is 13.4. The van der Waals surface area contributed by atoms with Crippen LogP contribution in [-0.2, 0) is 14.3 Å². The van der Waals surface area contributed by atoms with Crippen molar-refractivity contribution in [3.05, 3.63) is 0 Å². The third-order valence-electron chi connectivity index (χ3n) is 5.67. The van der Waals surface area contributed by atoms with Crippen molar-refractivity contribution in [3.8, 4) is 0 Å². The van der Waals surface area contributed by atoms with E-state index in [-0.39, 0.29) is 22.7 Å². The molecule has 0 bridgehead atoms. The molecule has 0 saturated heterocycles. The molecule has 4 nitrogen and oxygen atoms in total. The minimum atomic E-state index is -0.926. The Kier molecular flexibility index (Phi) is 7.74. The Bertz CT molecular complexity index is 477. The Morgan fingerprint density at radius 3 is 1.92 bits per heavy atom. The van der Waals surface area contributed by atoms with E-state index in [1.807, 2.05) is 48.5 Å². The van der Waals surface area contributed by atoms with Crippen LogP contribution in [0, 0.1) is 28.1 Å². The van der Waals surface area contributed by atoms with Crippen LogP contribution in [0.3, 0.4) is 0 Å². The monoisotopic (exact) mass is 368 g/mol. The fourth-order valence-electron chi connectivity index (χ4n) is 4.41. The van der Waals surface area contributed by atoms with Gasteiger partial charge >= 0.3 is 11.9 Å². The first-order valence-electron chi connectivity index (χ1n) is 10.2. The van der Waals surface area contributed by atoms with Crippen LogP contribution in [-0.4, -0.2) is 23.7 Å². The molecule has 1 aliphatic carbocycles. The van der Waals surface area contributed by atoms with Gasteiger partial charge in [0.2, 0.25) is 0 Å². The van der Waals surface area contributed by atoms with E-state index in [0.29, 0.717) is 19.4 Å². The average Bonchev–Trinajstić information content (AvgIpc) is 2.52. The van der Waals surface area contributed by atoms with Gasteiger partial charge in [0.1, 0.15) is 0 Å². The Labute approximate surface area is 160 Å². The highest BCUT2D eigenvalue weighted by Gasteiger charge is 2.55. The Hall–Kier alpha value is -1.06. The summed E-state index contributed by atoms with van der Waals surface area (Å²) in [5.74, 6) is -1.77. The van der Waals surface area contributed by atoms with Gasteiger partial charge in [0.25, 0.3) is 0 Å². The van der Waals surface area contributed by atoms with Crippen molar-refractivity contribution in [2.75, 3.05) is 6.61 Å². The first-order chi connectivity index (χ1) is 11.8. The van der Waals surface area contributed by atoms with Gasteiger partial charge in [-0.1, -0.05) is 67.7 Å². The van der Waals surface area contributed by atoms with Gasteiger partial charge in [-0.15, -0.1) is 0 Å². The lowest BCUT2D eigenvalue weighted by molar-refractivity contribution is -0.178. The smallest absolute Gasteiger partial charge is 0.313 e. The summed E-state index contributed by atoms with van der Waals surface area (Å²) in [7, 11) is 0. The van der Waals surface area contributed by atoms with Gasteiger partial charge in [0, 0.05) is 0 Å². The average molecular weight is 369 g/mol. The third kappa shape index (κ3) is 5.99. The summed E-state index contributed by atoms with van der Waals surface area (Å²) in [6.07, 6.45) is 6.16. The van der Waals surface area contributed by atoms with Crippen molar-refractivity contribution in [3.63, 3.8) is 0 Å². The Morgan fingerprint density at radius 1 is 1.00 bits per heavy atom. The molecule has 0 radical (unpaired) electrons. The van der Waals surface area contributed by atoms with Gasteiger partial charge in [-0.25, -0.2) is 0 Å². The van der Waals surface area contributed by atoms with Crippen LogP contribution in [0.25, 0.3) is 0 Å². The third-order valence-corrected chi connectivity index (χ3v) is 5.67. The molecule has 0 amide bonds. The number of hydrogen-bond donors (Lipinski definition) is 1. The topological polar surface area (TPSA) is 63.6 Å². The highest BCUT2D eigenvalue weighted by molar-refractivity contribution is 5.85. The van der Waals surface area contributed by atoms with Gasteiger partial charge in [-0.3, -0.25) is 9.59 Å². The van der Waals surface area contributed by atoms with E-state index in [0.717, 1.165) is 25.7 Å². The molecule has 0 aliphatic heterocycles. The molecular formula is C22H40O4. The molecule has 152 valence electrons. The van der Waals surface area contributed by atoms with Crippen molar-refractivity contribution in [1.82, 2.24) is 0 Å². The minimum Gasteiger partial charge on any atom is -0.481 e. The van der Waals surface area contributed by atoms with Crippen molar-refractivity contribution in [2.45, 2.75) is 93.4 Å². The van der Waals surface area contributed by atoms with Crippen LogP contribution in [0.2, 0.25) is 0 Å². The highest BCUT2D eigenvalue weighted by atomic mass is 16.5. The van der Waals surface area contributed by atoms with E-state index in [2.05, 4.69) is 0 Å². The first kappa shape index (κ1) is 23.0. The molecular weight excluding hydrogens is 328 g/mol. The summed E-state index contributed by atoms with van der Waals surface area (Å²) >= 11 is 0. The van der Waals surface area contributed by atoms with Crippen LogP contribution in [0.1, 0.15) is 93.4 Å². The number of rotatable bonds is 7. The fraction of sp³-hybridized carbons (Fsp3) is 0.909. The van der Waals surface area contributed by atoms with Gasteiger partial charge < -0.3 is 9.84 Å². The van der Waals surface area contributed by atoms with Crippen LogP contribution in [0.5, 0.6) is 0 Å². The molecule has 1 aliphatic rings. The van der Waals surface area contributed by atoms with Gasteiger partial charge in [0.05, 0.1) is 17.9 Å². The highest BCUT2D eigenvalue weighted by Crippen LogP contribution is 2.50. The zero-order valence-corrected chi connectivity index (χ0v) is 18.0. The molecule has 0 aromatic rings. The Balaban J connectivity index is 3.31. The molecule has 26 heavy (non-hydrogen) atoms. The SMILES string of the molecule is CCC(C(=O)OCC(C)(C)C)(C1CCCCC1)C(CC(C)(C)C)C(=O)O. The van der Waals surface area contributed by atoms with Crippen LogP contribution < -0.4 is 0 Å². The van der Waals surface area contributed by atoms with Gasteiger partial charge in [-0.05, 0) is 42.4 Å². The van der Waals surface area contributed by atoms with Gasteiger partial charge in [0.15, 0.2) is 0 Å². The van der Waals surface area contributed by atoms with E-state index in [1.54, 1.807) is 0 Å². The standard InChI is InChI=1S/C22H40O4/c1-8-22(16-12-10-9-11-13-16,19(25)26-15-21(5,6)7)17(18(23)24)14-20(2,3)4/h16-17H,8-15H2,1-7H3,(H,23,24). The molecule has 2 unspecified atom stereocenters. The molecule has 0 spiro atoms. The summed E-state index contributed by atoms with van der Waals surface area (Å²) in [6, 6.07) is 0. The minimum absolute atomic E-state index is 0.0946. The molecule has 0 aromatic carbocycles. The number of ether oxygens (including phenoxy) is 1. The molecule has 4 heteroatoms. The second-order valence-corrected chi connectivity index (χ2v) is 10.5. The predicted octanol–water partition coefficient (Wildman–Crippen LogP) is 5.69. The number of carboxylic acids is 1. The molecule has 0 heterocycles. The van der Waals surface area contributed by atoms with E-state index >= 15 is 0 Å². The normalized spacial score (nSPS) is 20.3. The maximum Gasteiger partial charge on any atom is 0.313 e. The second-order valence-electron chi connectivity index (χ2n) is 10.5. The van der Waals surface area contributed by atoms with Crippen LogP contribution in [0.4, 0.5) is 0 Å². The lowest BCUT2D eigenvalue weighted by Crippen LogP contribution is -2.50. The molecule has 0 aromatic heterocycles. The van der Waals surface area contributed by atoms with Crippen LogP contribution >= 0.6 is 0 Å². The number of hydrogen-bond acceptors (Lipinski definition) is 3. The molecule has 1 saturated carbocycles. The van der Waals surface area contributed by atoms with Crippen molar-refractivity contribution >= 4 is 11.9 Å². The first-order valence-corrected chi connectivity index (χ1v) is 10.2. The number of carbonyl (C=O) groups is 2.